The number of amides is 1. The largest absolute Gasteiger partial charge is 0.340 e. The average Bonchev–Trinajstić information content (AvgIpc) is 3.36. The van der Waals surface area contributed by atoms with Gasteiger partial charge in [-0.3, -0.25) is 4.79 Å². The molecule has 2 aromatic carbocycles. The Kier molecular flexibility index (Phi) is 4.46. The molecule has 1 unspecified atom stereocenters. The van der Waals surface area contributed by atoms with Crippen molar-refractivity contribution in [1.82, 2.24) is 4.90 Å². The van der Waals surface area contributed by atoms with Crippen LogP contribution in [0.2, 0.25) is 0 Å². The van der Waals surface area contributed by atoms with E-state index in [-0.39, 0.29) is 29.9 Å². The second-order valence-corrected chi connectivity index (χ2v) is 7.64. The molecule has 0 bridgehead atoms. The van der Waals surface area contributed by atoms with Crippen molar-refractivity contribution in [3.05, 3.63) is 59.7 Å². The van der Waals surface area contributed by atoms with Gasteiger partial charge in [0.15, 0.2) is 0 Å². The summed E-state index contributed by atoms with van der Waals surface area (Å²) < 4.78 is 41.6. The van der Waals surface area contributed by atoms with Gasteiger partial charge in [-0.15, -0.1) is 0 Å². The molecule has 27 heavy (non-hydrogen) atoms. The Bertz CT molecular complexity index is 867. The lowest BCUT2D eigenvalue weighted by Gasteiger charge is -2.21. The topological polar surface area (TPSA) is 46.3 Å². The van der Waals surface area contributed by atoms with Crippen LogP contribution in [0.4, 0.5) is 13.2 Å². The number of likely N-dealkylation sites (tertiary alicyclic amines) is 1. The van der Waals surface area contributed by atoms with Gasteiger partial charge in [-0.25, -0.2) is 13.2 Å². The molecule has 1 aliphatic heterocycles. The van der Waals surface area contributed by atoms with Crippen molar-refractivity contribution in [1.29, 1.82) is 0 Å². The first-order valence-electron chi connectivity index (χ1n) is 9.10. The van der Waals surface area contributed by atoms with Gasteiger partial charge in [0.2, 0.25) is 5.91 Å². The molecular formula is C21H21F3N2O. The summed E-state index contributed by atoms with van der Waals surface area (Å²) in [5, 5.41) is 0. The van der Waals surface area contributed by atoms with Crippen LogP contribution in [0.25, 0.3) is 11.1 Å². The summed E-state index contributed by atoms with van der Waals surface area (Å²) in [5.74, 6) is -1.64. The second-order valence-electron chi connectivity index (χ2n) is 7.64. The maximum absolute atomic E-state index is 14.3. The van der Waals surface area contributed by atoms with Crippen LogP contribution < -0.4 is 5.73 Å². The molecule has 2 N–H and O–H groups in total. The molecule has 1 aliphatic carbocycles. The molecule has 1 saturated carbocycles. The van der Waals surface area contributed by atoms with Gasteiger partial charge in [0, 0.05) is 19.0 Å². The summed E-state index contributed by atoms with van der Waals surface area (Å²) in [6.07, 6.45) is 1.07. The van der Waals surface area contributed by atoms with Gasteiger partial charge in [-0.05, 0) is 42.0 Å². The normalized spacial score (nSPS) is 27.0. The zero-order chi connectivity index (χ0) is 19.2. The van der Waals surface area contributed by atoms with Gasteiger partial charge in [-0.2, -0.15) is 0 Å². The van der Waals surface area contributed by atoms with E-state index >= 15 is 0 Å². The van der Waals surface area contributed by atoms with Crippen molar-refractivity contribution in [2.75, 3.05) is 19.8 Å². The van der Waals surface area contributed by atoms with Crippen LogP contribution in [-0.4, -0.2) is 36.1 Å². The third-order valence-corrected chi connectivity index (χ3v) is 5.66. The summed E-state index contributed by atoms with van der Waals surface area (Å²) in [6, 6.07) is 10.8. The number of carbonyl (C=O) groups excluding carboxylic acids is 1. The van der Waals surface area contributed by atoms with Crippen LogP contribution >= 0.6 is 0 Å². The molecule has 0 spiro atoms. The van der Waals surface area contributed by atoms with E-state index in [0.29, 0.717) is 24.9 Å². The lowest BCUT2D eigenvalue weighted by Crippen LogP contribution is -2.46. The molecule has 2 aromatic rings. The van der Waals surface area contributed by atoms with Gasteiger partial charge in [0.1, 0.15) is 18.3 Å². The Hall–Kier alpha value is -2.34. The molecule has 3 atom stereocenters. The standard InChI is InChI=1S/C21H21F3N2O/c22-11-21(25)8-9-26(12-21)20(27)16-10-15(16)13-4-1-2-5-14(13)19-17(23)6-3-7-18(19)24/h1-7,15-16H,8-12,25H2/t15-,16+,21?/m0/s1. The van der Waals surface area contributed by atoms with Crippen LogP contribution in [0.5, 0.6) is 0 Å². The van der Waals surface area contributed by atoms with E-state index in [1.807, 2.05) is 6.07 Å². The SMILES string of the molecule is NC1(CF)CCN(C(=O)[C@@H]2C[C@H]2c2ccccc2-c2c(F)cccc2F)C1. The minimum Gasteiger partial charge on any atom is -0.340 e. The van der Waals surface area contributed by atoms with Gasteiger partial charge in [0.05, 0.1) is 11.1 Å². The van der Waals surface area contributed by atoms with Crippen molar-refractivity contribution >= 4 is 5.91 Å². The van der Waals surface area contributed by atoms with E-state index in [9.17, 15) is 18.0 Å². The zero-order valence-corrected chi connectivity index (χ0v) is 14.8. The zero-order valence-electron chi connectivity index (χ0n) is 14.8. The van der Waals surface area contributed by atoms with Gasteiger partial charge < -0.3 is 10.6 Å². The number of benzene rings is 2. The van der Waals surface area contributed by atoms with Crippen LogP contribution in [-0.2, 0) is 4.79 Å². The maximum Gasteiger partial charge on any atom is 0.226 e. The first-order valence-corrected chi connectivity index (χ1v) is 9.10. The Morgan fingerprint density at radius 2 is 1.85 bits per heavy atom. The molecule has 0 radical (unpaired) electrons. The van der Waals surface area contributed by atoms with Crippen molar-refractivity contribution in [3.8, 4) is 11.1 Å². The average molecular weight is 374 g/mol. The predicted molar refractivity (Wildman–Crippen MR) is 96.7 cm³/mol. The summed E-state index contributed by atoms with van der Waals surface area (Å²) in [6.45, 7) is 0.0154. The third-order valence-electron chi connectivity index (χ3n) is 5.66. The molecule has 142 valence electrons. The summed E-state index contributed by atoms with van der Waals surface area (Å²) in [7, 11) is 0. The van der Waals surface area contributed by atoms with Crippen LogP contribution in [0, 0.1) is 17.6 Å². The minimum atomic E-state index is -0.950. The first-order chi connectivity index (χ1) is 12.9. The fraction of sp³-hybridized carbons (Fsp3) is 0.381. The predicted octanol–water partition coefficient (Wildman–Crippen LogP) is 3.63. The Balaban J connectivity index is 1.58. The number of nitrogens with two attached hydrogens (primary N) is 1. The number of hydrogen-bond acceptors (Lipinski definition) is 2. The van der Waals surface area contributed by atoms with E-state index in [1.54, 1.807) is 23.1 Å². The minimum absolute atomic E-state index is 0.0513. The fourth-order valence-corrected chi connectivity index (χ4v) is 4.04. The molecule has 4 rings (SSSR count). The van der Waals surface area contributed by atoms with E-state index in [1.165, 1.54) is 18.2 Å². The molecule has 1 saturated heterocycles. The highest BCUT2D eigenvalue weighted by Crippen LogP contribution is 2.52. The van der Waals surface area contributed by atoms with E-state index in [2.05, 4.69) is 0 Å². The third kappa shape index (κ3) is 3.23. The van der Waals surface area contributed by atoms with Crippen molar-refractivity contribution in [2.45, 2.75) is 24.3 Å². The maximum atomic E-state index is 14.3. The van der Waals surface area contributed by atoms with Gasteiger partial charge >= 0.3 is 0 Å². The Morgan fingerprint density at radius 3 is 2.52 bits per heavy atom. The quantitative estimate of drug-likeness (QED) is 0.888. The van der Waals surface area contributed by atoms with E-state index in [4.69, 9.17) is 5.73 Å². The molecule has 0 aromatic heterocycles. The molecular weight excluding hydrogens is 353 g/mol. The molecule has 6 heteroatoms. The number of halogens is 3. The van der Waals surface area contributed by atoms with E-state index < -0.39 is 23.8 Å². The highest BCUT2D eigenvalue weighted by Gasteiger charge is 2.49. The second kappa shape index (κ2) is 6.68. The highest BCUT2D eigenvalue weighted by atomic mass is 19.1. The summed E-state index contributed by atoms with van der Waals surface area (Å²) in [4.78, 5) is 14.4. The number of nitrogens with zero attached hydrogens (tertiary/aromatic N) is 1. The van der Waals surface area contributed by atoms with Crippen molar-refractivity contribution in [2.24, 2.45) is 11.7 Å². The van der Waals surface area contributed by atoms with Gasteiger partial charge in [0.25, 0.3) is 0 Å². The molecule has 2 fully saturated rings. The van der Waals surface area contributed by atoms with Crippen molar-refractivity contribution < 1.29 is 18.0 Å². The molecule has 3 nitrogen and oxygen atoms in total. The Labute approximate surface area is 156 Å². The molecule has 1 amide bonds. The van der Waals surface area contributed by atoms with Crippen LogP contribution in [0.3, 0.4) is 0 Å². The smallest absolute Gasteiger partial charge is 0.226 e. The molecule has 1 heterocycles. The van der Waals surface area contributed by atoms with Gasteiger partial charge in [-0.1, -0.05) is 30.3 Å². The first kappa shape index (κ1) is 18.0. The number of carbonyl (C=O) groups is 1. The number of alkyl halides is 1. The number of rotatable bonds is 4. The van der Waals surface area contributed by atoms with Crippen LogP contribution in [0.1, 0.15) is 24.3 Å². The van der Waals surface area contributed by atoms with E-state index in [0.717, 1.165) is 5.56 Å². The highest BCUT2D eigenvalue weighted by molar-refractivity contribution is 5.84. The number of hydrogen-bond donors (Lipinski definition) is 1. The van der Waals surface area contributed by atoms with Crippen LogP contribution in [0.15, 0.2) is 42.5 Å². The lowest BCUT2D eigenvalue weighted by molar-refractivity contribution is -0.131. The monoisotopic (exact) mass is 374 g/mol. The Morgan fingerprint density at radius 1 is 1.15 bits per heavy atom. The van der Waals surface area contributed by atoms with Crippen molar-refractivity contribution in [3.63, 3.8) is 0 Å². The lowest BCUT2D eigenvalue weighted by atomic mass is 9.95. The summed E-state index contributed by atoms with van der Waals surface area (Å²) >= 11 is 0. The fourth-order valence-electron chi connectivity index (χ4n) is 4.04. The summed E-state index contributed by atoms with van der Waals surface area (Å²) in [5.41, 5.74) is 6.17. The molecule has 2 aliphatic rings.